The minimum absolute atomic E-state index is 0.0285. The predicted molar refractivity (Wildman–Crippen MR) is 80.6 cm³/mol. The maximum Gasteiger partial charge on any atom is 0.330 e. The Labute approximate surface area is 128 Å². The van der Waals surface area contributed by atoms with Gasteiger partial charge in [0, 0.05) is 12.2 Å². The van der Waals surface area contributed by atoms with Crippen LogP contribution < -0.4 is 0 Å². The van der Waals surface area contributed by atoms with Crippen molar-refractivity contribution in [3.05, 3.63) is 47.5 Å². The van der Waals surface area contributed by atoms with E-state index in [1.54, 1.807) is 36.4 Å². The van der Waals surface area contributed by atoms with Gasteiger partial charge in [-0.25, -0.2) is 9.59 Å². The van der Waals surface area contributed by atoms with Gasteiger partial charge in [-0.2, -0.15) is 0 Å². The van der Waals surface area contributed by atoms with Crippen LogP contribution in [-0.4, -0.2) is 48.6 Å². The molecule has 118 valence electrons. The molecule has 6 nitrogen and oxygen atoms in total. The molecule has 22 heavy (non-hydrogen) atoms. The average molecular weight is 306 g/mol. The number of aliphatic hydroxyl groups excluding tert-OH is 2. The fraction of sp³-hybridized carbons (Fsp3) is 0.250. The molecule has 0 saturated heterocycles. The van der Waals surface area contributed by atoms with E-state index in [9.17, 15) is 9.59 Å². The first-order valence-corrected chi connectivity index (χ1v) is 6.67. The van der Waals surface area contributed by atoms with Crippen LogP contribution in [0.25, 0.3) is 12.2 Å². The first kappa shape index (κ1) is 17.6. The lowest BCUT2D eigenvalue weighted by Gasteiger charge is -1.99. The van der Waals surface area contributed by atoms with Crippen molar-refractivity contribution in [2.75, 3.05) is 26.4 Å². The van der Waals surface area contributed by atoms with Crippen molar-refractivity contribution in [2.45, 2.75) is 0 Å². The minimum Gasteiger partial charge on any atom is -0.460 e. The second kappa shape index (κ2) is 10.3. The Balaban J connectivity index is 2.52. The van der Waals surface area contributed by atoms with Gasteiger partial charge in [-0.1, -0.05) is 24.3 Å². The van der Waals surface area contributed by atoms with Gasteiger partial charge in [-0.15, -0.1) is 0 Å². The van der Waals surface area contributed by atoms with Gasteiger partial charge in [-0.3, -0.25) is 0 Å². The number of ether oxygens (including phenoxy) is 2. The van der Waals surface area contributed by atoms with Gasteiger partial charge in [0.15, 0.2) is 0 Å². The number of carbonyl (C=O) groups is 2. The molecule has 0 atom stereocenters. The molecule has 0 saturated carbocycles. The van der Waals surface area contributed by atoms with Crippen molar-refractivity contribution < 1.29 is 29.3 Å². The fourth-order valence-corrected chi connectivity index (χ4v) is 1.44. The van der Waals surface area contributed by atoms with E-state index in [1.807, 2.05) is 0 Å². The molecule has 0 aliphatic rings. The number of carbonyl (C=O) groups excluding carboxylic acids is 2. The van der Waals surface area contributed by atoms with E-state index in [0.29, 0.717) is 0 Å². The summed E-state index contributed by atoms with van der Waals surface area (Å²) in [5.41, 5.74) is 1.59. The summed E-state index contributed by atoms with van der Waals surface area (Å²) in [6.07, 6.45) is 5.71. The highest BCUT2D eigenvalue weighted by molar-refractivity contribution is 5.88. The Bertz CT molecular complexity index is 481. The highest BCUT2D eigenvalue weighted by Crippen LogP contribution is 2.08. The molecule has 6 heteroatoms. The first-order chi connectivity index (χ1) is 10.7. The second-order valence-corrected chi connectivity index (χ2v) is 4.12. The Morgan fingerprint density at radius 1 is 0.818 bits per heavy atom. The number of benzene rings is 1. The minimum atomic E-state index is -0.523. The molecule has 0 radical (unpaired) electrons. The van der Waals surface area contributed by atoms with Crippen LogP contribution >= 0.6 is 0 Å². The molecule has 0 heterocycles. The van der Waals surface area contributed by atoms with E-state index >= 15 is 0 Å². The lowest BCUT2D eigenvalue weighted by Crippen LogP contribution is -2.05. The molecule has 2 N–H and O–H groups in total. The molecule has 0 spiro atoms. The Morgan fingerprint density at radius 2 is 1.18 bits per heavy atom. The smallest absolute Gasteiger partial charge is 0.330 e. The standard InChI is InChI=1S/C16H18O6/c17-9-11-21-15(19)7-5-13-1-2-14(4-3-13)6-8-16(20)22-12-10-18/h1-8,17-18H,9-12H2. The van der Waals surface area contributed by atoms with Crippen LogP contribution in [0.2, 0.25) is 0 Å². The summed E-state index contributed by atoms with van der Waals surface area (Å²) in [5, 5.41) is 17.0. The molecule has 1 aromatic rings. The van der Waals surface area contributed by atoms with Crippen LogP contribution in [0.1, 0.15) is 11.1 Å². The van der Waals surface area contributed by atoms with Crippen LogP contribution in [0, 0.1) is 0 Å². The molecule has 0 bridgehead atoms. The van der Waals surface area contributed by atoms with Gasteiger partial charge in [-0.05, 0) is 23.3 Å². The highest BCUT2D eigenvalue weighted by atomic mass is 16.5. The molecule has 0 fully saturated rings. The molecule has 1 aromatic carbocycles. The van der Waals surface area contributed by atoms with Gasteiger partial charge in [0.05, 0.1) is 13.2 Å². The SMILES string of the molecule is O=C(C=Cc1ccc(C=CC(=O)OCCO)cc1)OCCO. The van der Waals surface area contributed by atoms with Gasteiger partial charge in [0.1, 0.15) is 13.2 Å². The van der Waals surface area contributed by atoms with Crippen LogP contribution in [0.3, 0.4) is 0 Å². The molecule has 0 amide bonds. The first-order valence-electron chi connectivity index (χ1n) is 6.67. The summed E-state index contributed by atoms with van der Waals surface area (Å²) in [5.74, 6) is -1.05. The lowest BCUT2D eigenvalue weighted by molar-refractivity contribution is -0.139. The number of hydrogen-bond acceptors (Lipinski definition) is 6. The zero-order valence-electron chi connectivity index (χ0n) is 12.0. The normalized spacial score (nSPS) is 11.0. The summed E-state index contributed by atoms with van der Waals surface area (Å²) in [7, 11) is 0. The van der Waals surface area contributed by atoms with Gasteiger partial charge >= 0.3 is 11.9 Å². The summed E-state index contributed by atoms with van der Waals surface area (Å²) < 4.78 is 9.36. The fourth-order valence-electron chi connectivity index (χ4n) is 1.44. The lowest BCUT2D eigenvalue weighted by atomic mass is 10.1. The van der Waals surface area contributed by atoms with E-state index < -0.39 is 11.9 Å². The predicted octanol–water partition coefficient (Wildman–Crippen LogP) is 0.784. The summed E-state index contributed by atoms with van der Waals surface area (Å²) in [6, 6.07) is 7.09. The number of rotatable bonds is 8. The van der Waals surface area contributed by atoms with Crippen LogP contribution in [0.4, 0.5) is 0 Å². The Hall–Kier alpha value is -2.44. The molecule has 1 rings (SSSR count). The van der Waals surface area contributed by atoms with E-state index in [-0.39, 0.29) is 26.4 Å². The van der Waals surface area contributed by atoms with E-state index in [1.165, 1.54) is 12.2 Å². The van der Waals surface area contributed by atoms with Crippen molar-refractivity contribution in [1.29, 1.82) is 0 Å². The molecular weight excluding hydrogens is 288 g/mol. The molecule has 0 aliphatic carbocycles. The van der Waals surface area contributed by atoms with Crippen LogP contribution in [0.15, 0.2) is 36.4 Å². The number of esters is 2. The Morgan fingerprint density at radius 3 is 1.50 bits per heavy atom. The maximum absolute atomic E-state index is 11.2. The number of aliphatic hydroxyl groups is 2. The van der Waals surface area contributed by atoms with Gasteiger partial charge in [0.25, 0.3) is 0 Å². The summed E-state index contributed by atoms with van der Waals surface area (Å²) >= 11 is 0. The topological polar surface area (TPSA) is 93.1 Å². The van der Waals surface area contributed by atoms with Crippen LogP contribution in [-0.2, 0) is 19.1 Å². The Kier molecular flexibility index (Phi) is 8.25. The average Bonchev–Trinajstić information content (AvgIpc) is 2.55. The second-order valence-electron chi connectivity index (χ2n) is 4.12. The quantitative estimate of drug-likeness (QED) is 0.545. The van der Waals surface area contributed by atoms with Crippen molar-refractivity contribution in [3.8, 4) is 0 Å². The van der Waals surface area contributed by atoms with Crippen LogP contribution in [0.5, 0.6) is 0 Å². The van der Waals surface area contributed by atoms with E-state index in [4.69, 9.17) is 10.2 Å². The van der Waals surface area contributed by atoms with E-state index in [0.717, 1.165) is 11.1 Å². The zero-order chi connectivity index (χ0) is 16.2. The van der Waals surface area contributed by atoms with Crippen molar-refractivity contribution in [2.24, 2.45) is 0 Å². The van der Waals surface area contributed by atoms with Crippen molar-refractivity contribution >= 4 is 24.1 Å². The molecule has 0 aromatic heterocycles. The van der Waals surface area contributed by atoms with E-state index in [2.05, 4.69) is 9.47 Å². The molecule has 0 unspecified atom stereocenters. The summed E-state index contributed by atoms with van der Waals surface area (Å²) in [4.78, 5) is 22.4. The third-order valence-electron chi connectivity index (χ3n) is 2.43. The zero-order valence-corrected chi connectivity index (χ0v) is 12.0. The molecule has 0 aliphatic heterocycles. The summed E-state index contributed by atoms with van der Waals surface area (Å²) in [6.45, 7) is -0.471. The third kappa shape index (κ3) is 7.37. The third-order valence-corrected chi connectivity index (χ3v) is 2.43. The van der Waals surface area contributed by atoms with Crippen molar-refractivity contribution in [1.82, 2.24) is 0 Å². The maximum atomic E-state index is 11.2. The monoisotopic (exact) mass is 306 g/mol. The number of hydrogen-bond donors (Lipinski definition) is 2. The largest absolute Gasteiger partial charge is 0.460 e. The molecular formula is C16H18O6. The van der Waals surface area contributed by atoms with Gasteiger partial charge in [0.2, 0.25) is 0 Å². The van der Waals surface area contributed by atoms with Crippen molar-refractivity contribution in [3.63, 3.8) is 0 Å². The highest BCUT2D eigenvalue weighted by Gasteiger charge is 1.97. The van der Waals surface area contributed by atoms with Gasteiger partial charge < -0.3 is 19.7 Å².